The van der Waals surface area contributed by atoms with Crippen molar-refractivity contribution in [2.75, 3.05) is 6.61 Å². The van der Waals surface area contributed by atoms with E-state index in [-0.39, 0.29) is 6.61 Å². The molecule has 0 saturated heterocycles. The Kier molecular flexibility index (Phi) is 4.25. The Morgan fingerprint density at radius 3 is 2.82 bits per heavy atom. The van der Waals surface area contributed by atoms with Crippen LogP contribution in [-0.2, 0) is 6.42 Å². The topological polar surface area (TPSA) is 46.0 Å². The van der Waals surface area contributed by atoms with E-state index in [2.05, 4.69) is 25.9 Å². The van der Waals surface area contributed by atoms with Gasteiger partial charge in [0.05, 0.1) is 14.4 Å². The van der Waals surface area contributed by atoms with Gasteiger partial charge in [-0.05, 0) is 47.5 Å². The number of hydrogen-bond donors (Lipinski definition) is 1. The standard InChI is InChI=1S/C12H13BrN2OS/c1-8-7-9(10-4-5-11(13)17-10)15-12(14-8)3-2-6-16/h4-5,7,16H,2-3,6H2,1H3. The summed E-state index contributed by atoms with van der Waals surface area (Å²) in [6.45, 7) is 2.15. The van der Waals surface area contributed by atoms with Gasteiger partial charge in [-0.1, -0.05) is 0 Å². The summed E-state index contributed by atoms with van der Waals surface area (Å²) in [5.41, 5.74) is 1.92. The van der Waals surface area contributed by atoms with E-state index in [0.717, 1.165) is 32.3 Å². The molecule has 0 aliphatic rings. The average Bonchev–Trinajstić information content (AvgIpc) is 2.72. The molecule has 0 saturated carbocycles. The lowest BCUT2D eigenvalue weighted by atomic mass is 10.2. The third-order valence-electron chi connectivity index (χ3n) is 2.28. The number of halogens is 1. The molecule has 2 rings (SSSR count). The van der Waals surface area contributed by atoms with Gasteiger partial charge in [0.15, 0.2) is 0 Å². The first-order valence-corrected chi connectivity index (χ1v) is 7.01. The van der Waals surface area contributed by atoms with E-state index in [0.29, 0.717) is 6.42 Å². The minimum atomic E-state index is 0.178. The first kappa shape index (κ1) is 12.7. The van der Waals surface area contributed by atoms with Crippen LogP contribution in [0.4, 0.5) is 0 Å². The molecule has 17 heavy (non-hydrogen) atoms. The highest BCUT2D eigenvalue weighted by Gasteiger charge is 2.06. The Balaban J connectivity index is 2.31. The molecule has 5 heteroatoms. The van der Waals surface area contributed by atoms with Crippen molar-refractivity contribution in [1.29, 1.82) is 0 Å². The molecule has 1 N–H and O–H groups in total. The fourth-order valence-electron chi connectivity index (χ4n) is 1.56. The summed E-state index contributed by atoms with van der Waals surface area (Å²) < 4.78 is 1.10. The molecule has 2 aromatic heterocycles. The Hall–Kier alpha value is -0.780. The highest BCUT2D eigenvalue weighted by Crippen LogP contribution is 2.30. The van der Waals surface area contributed by atoms with Crippen LogP contribution < -0.4 is 0 Å². The van der Waals surface area contributed by atoms with Crippen LogP contribution >= 0.6 is 27.3 Å². The van der Waals surface area contributed by atoms with Crippen LogP contribution in [0.1, 0.15) is 17.9 Å². The van der Waals surface area contributed by atoms with Gasteiger partial charge in [0.25, 0.3) is 0 Å². The van der Waals surface area contributed by atoms with E-state index in [4.69, 9.17) is 5.11 Å². The van der Waals surface area contributed by atoms with E-state index in [1.54, 1.807) is 11.3 Å². The number of hydrogen-bond acceptors (Lipinski definition) is 4. The van der Waals surface area contributed by atoms with E-state index in [1.807, 2.05) is 25.1 Å². The number of aliphatic hydroxyl groups is 1. The molecule has 0 bridgehead atoms. The van der Waals surface area contributed by atoms with Crippen LogP contribution in [0.5, 0.6) is 0 Å². The lowest BCUT2D eigenvalue weighted by molar-refractivity contribution is 0.287. The molecule has 0 amide bonds. The molecule has 0 aliphatic carbocycles. The summed E-state index contributed by atoms with van der Waals surface area (Å²) in [7, 11) is 0. The summed E-state index contributed by atoms with van der Waals surface area (Å²) in [5, 5.41) is 8.83. The van der Waals surface area contributed by atoms with Crippen LogP contribution in [-0.4, -0.2) is 21.7 Å². The molecule has 0 atom stereocenters. The highest BCUT2D eigenvalue weighted by molar-refractivity contribution is 9.11. The molecule has 0 radical (unpaired) electrons. The quantitative estimate of drug-likeness (QED) is 0.943. The smallest absolute Gasteiger partial charge is 0.129 e. The molecule has 90 valence electrons. The van der Waals surface area contributed by atoms with Crippen molar-refractivity contribution in [3.05, 3.63) is 33.5 Å². The molecular weight excluding hydrogens is 300 g/mol. The van der Waals surface area contributed by atoms with Gasteiger partial charge in [-0.15, -0.1) is 11.3 Å². The second kappa shape index (κ2) is 5.71. The summed E-state index contributed by atoms with van der Waals surface area (Å²) >= 11 is 5.11. The maximum atomic E-state index is 8.83. The maximum absolute atomic E-state index is 8.83. The number of aromatic nitrogens is 2. The minimum absolute atomic E-state index is 0.178. The van der Waals surface area contributed by atoms with Gasteiger partial charge in [0.1, 0.15) is 5.82 Å². The monoisotopic (exact) mass is 312 g/mol. The fraction of sp³-hybridized carbons (Fsp3) is 0.333. The van der Waals surface area contributed by atoms with E-state index in [1.165, 1.54) is 0 Å². The SMILES string of the molecule is Cc1cc(-c2ccc(Br)s2)nc(CCCO)n1. The average molecular weight is 313 g/mol. The highest BCUT2D eigenvalue weighted by atomic mass is 79.9. The number of aliphatic hydroxyl groups excluding tert-OH is 1. The summed E-state index contributed by atoms with van der Waals surface area (Å²) in [6.07, 6.45) is 1.43. The lowest BCUT2D eigenvalue weighted by Crippen LogP contribution is -2.00. The molecule has 2 heterocycles. The van der Waals surface area contributed by atoms with E-state index >= 15 is 0 Å². The van der Waals surface area contributed by atoms with Gasteiger partial charge in [-0.3, -0.25) is 0 Å². The Labute approximate surface area is 113 Å². The van der Waals surface area contributed by atoms with Crippen molar-refractivity contribution < 1.29 is 5.11 Å². The maximum Gasteiger partial charge on any atom is 0.129 e. The van der Waals surface area contributed by atoms with Crippen molar-refractivity contribution >= 4 is 27.3 Å². The van der Waals surface area contributed by atoms with Crippen LogP contribution in [0.2, 0.25) is 0 Å². The van der Waals surface area contributed by atoms with Gasteiger partial charge in [0, 0.05) is 18.7 Å². The van der Waals surface area contributed by atoms with Crippen molar-refractivity contribution in [2.45, 2.75) is 19.8 Å². The van der Waals surface area contributed by atoms with Gasteiger partial charge < -0.3 is 5.11 Å². The molecular formula is C12H13BrN2OS. The van der Waals surface area contributed by atoms with Gasteiger partial charge in [0.2, 0.25) is 0 Å². The molecule has 0 aliphatic heterocycles. The normalized spacial score (nSPS) is 10.8. The van der Waals surface area contributed by atoms with E-state index < -0.39 is 0 Å². The van der Waals surface area contributed by atoms with Crippen molar-refractivity contribution in [2.24, 2.45) is 0 Å². The number of rotatable bonds is 4. The second-order valence-corrected chi connectivity index (χ2v) is 6.20. The first-order chi connectivity index (χ1) is 8.19. The Morgan fingerprint density at radius 1 is 1.35 bits per heavy atom. The van der Waals surface area contributed by atoms with E-state index in [9.17, 15) is 0 Å². The fourth-order valence-corrected chi connectivity index (χ4v) is 2.90. The zero-order valence-electron chi connectivity index (χ0n) is 9.48. The van der Waals surface area contributed by atoms with Crippen molar-refractivity contribution in [3.8, 4) is 10.6 Å². The number of nitrogens with zero attached hydrogens (tertiary/aromatic N) is 2. The predicted octanol–water partition coefficient (Wildman–Crippen LogP) is 3.20. The largest absolute Gasteiger partial charge is 0.396 e. The zero-order chi connectivity index (χ0) is 12.3. The van der Waals surface area contributed by atoms with Crippen molar-refractivity contribution in [1.82, 2.24) is 9.97 Å². The Morgan fingerprint density at radius 2 is 2.18 bits per heavy atom. The first-order valence-electron chi connectivity index (χ1n) is 5.40. The number of aryl methyl sites for hydroxylation is 2. The van der Waals surface area contributed by atoms with Crippen LogP contribution in [0.25, 0.3) is 10.6 Å². The molecule has 0 unspecified atom stereocenters. The molecule has 0 fully saturated rings. The van der Waals surface area contributed by atoms with Gasteiger partial charge in [-0.2, -0.15) is 0 Å². The molecule has 3 nitrogen and oxygen atoms in total. The molecule has 2 aromatic rings. The Bertz CT molecular complexity index is 513. The summed E-state index contributed by atoms with van der Waals surface area (Å²) in [6, 6.07) is 6.05. The third-order valence-corrected chi connectivity index (χ3v) is 3.93. The second-order valence-electron chi connectivity index (χ2n) is 3.74. The summed E-state index contributed by atoms with van der Waals surface area (Å²) in [4.78, 5) is 10.0. The van der Waals surface area contributed by atoms with Crippen LogP contribution in [0.3, 0.4) is 0 Å². The lowest BCUT2D eigenvalue weighted by Gasteiger charge is -2.03. The number of thiophene rings is 1. The zero-order valence-corrected chi connectivity index (χ0v) is 11.9. The van der Waals surface area contributed by atoms with Gasteiger partial charge >= 0.3 is 0 Å². The van der Waals surface area contributed by atoms with Crippen LogP contribution in [0.15, 0.2) is 22.0 Å². The van der Waals surface area contributed by atoms with Crippen LogP contribution in [0, 0.1) is 6.92 Å². The third kappa shape index (κ3) is 3.34. The van der Waals surface area contributed by atoms with Crippen molar-refractivity contribution in [3.63, 3.8) is 0 Å². The molecule has 0 aromatic carbocycles. The summed E-state index contributed by atoms with van der Waals surface area (Å²) in [5.74, 6) is 0.804. The predicted molar refractivity (Wildman–Crippen MR) is 73.2 cm³/mol. The minimum Gasteiger partial charge on any atom is -0.396 e. The van der Waals surface area contributed by atoms with Gasteiger partial charge in [-0.25, -0.2) is 9.97 Å². The molecule has 0 spiro atoms.